The van der Waals surface area contributed by atoms with E-state index in [0.717, 1.165) is 5.56 Å². The summed E-state index contributed by atoms with van der Waals surface area (Å²) in [7, 11) is 1.59. The maximum atomic E-state index is 13.2. The zero-order valence-electron chi connectivity index (χ0n) is 16.6. The molecule has 3 heterocycles. The Morgan fingerprint density at radius 1 is 1.13 bits per heavy atom. The fourth-order valence-corrected chi connectivity index (χ4v) is 4.09. The molecule has 0 fully saturated rings. The van der Waals surface area contributed by atoms with E-state index in [1.165, 1.54) is 11.8 Å². The molecule has 0 unspecified atom stereocenters. The predicted octanol–water partition coefficient (Wildman–Crippen LogP) is 3.11. The van der Waals surface area contributed by atoms with Gasteiger partial charge in [0.1, 0.15) is 0 Å². The van der Waals surface area contributed by atoms with Crippen LogP contribution in [0.3, 0.4) is 0 Å². The van der Waals surface area contributed by atoms with Gasteiger partial charge in [0.2, 0.25) is 18.5 Å². The van der Waals surface area contributed by atoms with Gasteiger partial charge in [0.05, 0.1) is 29.8 Å². The highest BCUT2D eigenvalue weighted by molar-refractivity contribution is 7.98. The molecule has 0 saturated carbocycles. The first-order chi connectivity index (χ1) is 15.2. The maximum absolute atomic E-state index is 13.2. The summed E-state index contributed by atoms with van der Waals surface area (Å²) in [5.74, 6) is 2.46. The minimum Gasteiger partial charge on any atom is -0.454 e. The minimum atomic E-state index is -0.168. The zero-order valence-corrected chi connectivity index (χ0v) is 17.4. The number of methoxy groups -OCH3 is 1. The van der Waals surface area contributed by atoms with Crippen molar-refractivity contribution in [3.63, 3.8) is 0 Å². The van der Waals surface area contributed by atoms with Gasteiger partial charge in [-0.1, -0.05) is 47.3 Å². The van der Waals surface area contributed by atoms with Crippen LogP contribution in [-0.2, 0) is 17.0 Å². The van der Waals surface area contributed by atoms with Crippen LogP contribution < -0.4 is 15.0 Å². The van der Waals surface area contributed by atoms with Crippen LogP contribution in [0.25, 0.3) is 22.3 Å². The van der Waals surface area contributed by atoms with E-state index in [-0.39, 0.29) is 12.4 Å². The monoisotopic (exact) mass is 438 g/mol. The molecule has 1 aliphatic rings. The molecule has 0 bridgehead atoms. The SMILES string of the molecule is COCCn1c(SCc2nc(-c3ccccc3)no2)nc2cc3c(cc2c1=O)OCO3. The predicted molar refractivity (Wildman–Crippen MR) is 113 cm³/mol. The molecule has 0 amide bonds. The smallest absolute Gasteiger partial charge is 0.262 e. The number of thioether (sulfide) groups is 1. The van der Waals surface area contributed by atoms with Crippen LogP contribution in [-0.4, -0.2) is 40.2 Å². The molecule has 0 atom stereocenters. The Morgan fingerprint density at radius 2 is 1.94 bits per heavy atom. The fourth-order valence-electron chi connectivity index (χ4n) is 3.22. The molecule has 2 aromatic heterocycles. The third-order valence-corrected chi connectivity index (χ3v) is 5.72. The number of hydrogen-bond donors (Lipinski definition) is 0. The first-order valence-corrected chi connectivity index (χ1v) is 10.6. The molecule has 4 aromatic rings. The van der Waals surface area contributed by atoms with Crippen LogP contribution in [0.2, 0.25) is 0 Å². The summed E-state index contributed by atoms with van der Waals surface area (Å²) in [5, 5.41) is 5.04. The highest BCUT2D eigenvalue weighted by Crippen LogP contribution is 2.35. The van der Waals surface area contributed by atoms with Gasteiger partial charge in [0.15, 0.2) is 16.7 Å². The topological polar surface area (TPSA) is 102 Å². The van der Waals surface area contributed by atoms with Gasteiger partial charge in [-0.05, 0) is 6.07 Å². The molecule has 0 radical (unpaired) electrons. The molecule has 158 valence electrons. The van der Waals surface area contributed by atoms with E-state index in [2.05, 4.69) is 10.1 Å². The lowest BCUT2D eigenvalue weighted by Gasteiger charge is -2.12. The third-order valence-electron chi connectivity index (χ3n) is 4.76. The Hall–Kier alpha value is -3.37. The van der Waals surface area contributed by atoms with Crippen molar-refractivity contribution in [1.82, 2.24) is 19.7 Å². The summed E-state index contributed by atoms with van der Waals surface area (Å²) in [6.45, 7) is 0.879. The lowest BCUT2D eigenvalue weighted by Crippen LogP contribution is -2.25. The molecule has 0 spiro atoms. The van der Waals surface area contributed by atoms with Gasteiger partial charge in [-0.2, -0.15) is 4.98 Å². The summed E-state index contributed by atoms with van der Waals surface area (Å²) in [6.07, 6.45) is 0. The molecule has 0 N–H and O–H groups in total. The standard InChI is InChI=1S/C21H18N4O5S/c1-27-8-7-25-20(26)14-9-16-17(29-12-28-16)10-15(14)22-21(25)31-11-18-23-19(24-30-18)13-5-3-2-4-6-13/h2-6,9-10H,7-8,11-12H2,1H3. The van der Waals surface area contributed by atoms with E-state index >= 15 is 0 Å². The van der Waals surface area contributed by atoms with Gasteiger partial charge < -0.3 is 18.7 Å². The normalized spacial score (nSPS) is 12.5. The second-order valence-electron chi connectivity index (χ2n) is 6.73. The van der Waals surface area contributed by atoms with Crippen LogP contribution in [0.4, 0.5) is 0 Å². The Bertz CT molecular complexity index is 1290. The number of benzene rings is 2. The van der Waals surface area contributed by atoms with Crippen molar-refractivity contribution < 1.29 is 18.7 Å². The molecule has 2 aromatic carbocycles. The van der Waals surface area contributed by atoms with Crippen LogP contribution >= 0.6 is 11.8 Å². The summed E-state index contributed by atoms with van der Waals surface area (Å²) >= 11 is 1.35. The van der Waals surface area contributed by atoms with Gasteiger partial charge in [-0.15, -0.1) is 0 Å². The van der Waals surface area contributed by atoms with Crippen LogP contribution in [0.5, 0.6) is 11.5 Å². The Kier molecular flexibility index (Phi) is 5.31. The van der Waals surface area contributed by atoms with E-state index in [9.17, 15) is 4.79 Å². The molecule has 1 aliphatic heterocycles. The molecular weight excluding hydrogens is 420 g/mol. The van der Waals surface area contributed by atoms with E-state index in [1.54, 1.807) is 23.8 Å². The maximum Gasteiger partial charge on any atom is 0.262 e. The largest absolute Gasteiger partial charge is 0.454 e. The average Bonchev–Trinajstić information content (AvgIpc) is 3.46. The third kappa shape index (κ3) is 3.87. The zero-order chi connectivity index (χ0) is 21.2. The van der Waals surface area contributed by atoms with Crippen LogP contribution in [0, 0.1) is 0 Å². The number of fused-ring (bicyclic) bond motifs is 2. The van der Waals surface area contributed by atoms with E-state index in [1.807, 2.05) is 30.3 Å². The second kappa shape index (κ2) is 8.40. The van der Waals surface area contributed by atoms with E-state index in [4.69, 9.17) is 23.7 Å². The second-order valence-corrected chi connectivity index (χ2v) is 7.68. The highest BCUT2D eigenvalue weighted by atomic mass is 32.2. The van der Waals surface area contributed by atoms with Gasteiger partial charge in [0, 0.05) is 18.7 Å². The van der Waals surface area contributed by atoms with Gasteiger partial charge in [-0.3, -0.25) is 9.36 Å². The van der Waals surface area contributed by atoms with Gasteiger partial charge >= 0.3 is 0 Å². The van der Waals surface area contributed by atoms with Crippen molar-refractivity contribution >= 4 is 22.7 Å². The summed E-state index contributed by atoms with van der Waals surface area (Å²) < 4.78 is 23.0. The van der Waals surface area contributed by atoms with Crippen molar-refractivity contribution in [3.05, 3.63) is 58.7 Å². The molecule has 10 heteroatoms. The van der Waals surface area contributed by atoms with Gasteiger partial charge in [-0.25, -0.2) is 4.98 Å². The lowest BCUT2D eigenvalue weighted by atomic mass is 10.2. The van der Waals surface area contributed by atoms with Crippen molar-refractivity contribution in [3.8, 4) is 22.9 Å². The minimum absolute atomic E-state index is 0.131. The Labute approximate surface area is 181 Å². The van der Waals surface area contributed by atoms with Crippen molar-refractivity contribution in [2.24, 2.45) is 0 Å². The van der Waals surface area contributed by atoms with Crippen LogP contribution in [0.1, 0.15) is 5.89 Å². The van der Waals surface area contributed by atoms with E-state index in [0.29, 0.717) is 58.2 Å². The number of aromatic nitrogens is 4. The first-order valence-electron chi connectivity index (χ1n) is 9.57. The Balaban J connectivity index is 1.46. The van der Waals surface area contributed by atoms with Crippen molar-refractivity contribution in [2.75, 3.05) is 20.5 Å². The lowest BCUT2D eigenvalue weighted by molar-refractivity contribution is 0.174. The van der Waals surface area contributed by atoms with Gasteiger partial charge in [0.25, 0.3) is 5.56 Å². The number of ether oxygens (including phenoxy) is 3. The summed E-state index contributed by atoms with van der Waals surface area (Å²) in [5.41, 5.74) is 1.25. The van der Waals surface area contributed by atoms with Crippen molar-refractivity contribution in [2.45, 2.75) is 17.5 Å². The first kappa shape index (κ1) is 19.6. The van der Waals surface area contributed by atoms with Crippen molar-refractivity contribution in [1.29, 1.82) is 0 Å². The molecule has 0 aliphatic carbocycles. The summed E-state index contributed by atoms with van der Waals surface area (Å²) in [6, 6.07) is 13.0. The molecule has 31 heavy (non-hydrogen) atoms. The van der Waals surface area contributed by atoms with Crippen LogP contribution in [0.15, 0.2) is 56.9 Å². The summed E-state index contributed by atoms with van der Waals surface area (Å²) in [4.78, 5) is 22.3. The quantitative estimate of drug-likeness (QED) is 0.318. The highest BCUT2D eigenvalue weighted by Gasteiger charge is 2.20. The fraction of sp³-hybridized carbons (Fsp3) is 0.238. The molecule has 5 rings (SSSR count). The average molecular weight is 438 g/mol. The number of hydrogen-bond acceptors (Lipinski definition) is 9. The number of nitrogens with zero attached hydrogens (tertiary/aromatic N) is 4. The molecular formula is C21H18N4O5S. The number of rotatable bonds is 7. The molecule has 0 saturated heterocycles. The molecule has 9 nitrogen and oxygen atoms in total. The van der Waals surface area contributed by atoms with E-state index < -0.39 is 0 Å². The Morgan fingerprint density at radius 3 is 2.74 bits per heavy atom.